The molecule has 1 heterocycles. The van der Waals surface area contributed by atoms with Crippen molar-refractivity contribution in [1.82, 2.24) is 10.2 Å². The zero-order valence-corrected chi connectivity index (χ0v) is 11.9. The summed E-state index contributed by atoms with van der Waals surface area (Å²) in [4.78, 5) is 7.16. The van der Waals surface area contributed by atoms with Gasteiger partial charge in [-0.15, -0.1) is 0 Å². The number of amidine groups is 1. The molecule has 4 heteroatoms. The molecule has 0 saturated heterocycles. The molecule has 0 amide bonds. The quantitative estimate of drug-likeness (QED) is 0.804. The van der Waals surface area contributed by atoms with Gasteiger partial charge >= 0.3 is 0 Å². The van der Waals surface area contributed by atoms with Crippen LogP contribution < -0.4 is 11.1 Å². The Morgan fingerprint density at radius 2 is 1.94 bits per heavy atom. The predicted octanol–water partition coefficient (Wildman–Crippen LogP) is 2.18. The Kier molecular flexibility index (Phi) is 3.95. The summed E-state index contributed by atoms with van der Waals surface area (Å²) in [6.45, 7) is 8.52. The second-order valence-electron chi connectivity index (χ2n) is 5.51. The molecule has 0 spiro atoms. The Labute approximate surface area is 110 Å². The van der Waals surface area contributed by atoms with E-state index in [1.807, 2.05) is 6.92 Å². The first-order valence-electron chi connectivity index (χ1n) is 7.21. The number of nitrogens with zero attached hydrogens (tertiary/aromatic N) is 2. The molecule has 18 heavy (non-hydrogen) atoms. The van der Waals surface area contributed by atoms with Crippen LogP contribution in [0, 0.1) is 0 Å². The van der Waals surface area contributed by atoms with Gasteiger partial charge in [-0.2, -0.15) is 0 Å². The molecule has 0 aromatic carbocycles. The van der Waals surface area contributed by atoms with E-state index in [2.05, 4.69) is 24.1 Å². The molecule has 0 saturated carbocycles. The first kappa shape index (κ1) is 13.4. The molecule has 0 radical (unpaired) electrons. The number of hydrogen-bond donors (Lipinski definition) is 2. The fourth-order valence-corrected chi connectivity index (χ4v) is 2.87. The highest BCUT2D eigenvalue weighted by Gasteiger charge is 2.32. The fourth-order valence-electron chi connectivity index (χ4n) is 2.87. The summed E-state index contributed by atoms with van der Waals surface area (Å²) < 4.78 is 0. The van der Waals surface area contributed by atoms with Crippen molar-refractivity contribution in [2.75, 3.05) is 13.1 Å². The van der Waals surface area contributed by atoms with E-state index in [9.17, 15) is 0 Å². The lowest BCUT2D eigenvalue weighted by Crippen LogP contribution is -2.53. The maximum Gasteiger partial charge on any atom is 0.181 e. The molecule has 1 unspecified atom stereocenters. The van der Waals surface area contributed by atoms with E-state index in [1.165, 1.54) is 17.7 Å². The van der Waals surface area contributed by atoms with Gasteiger partial charge in [0.05, 0.1) is 0 Å². The van der Waals surface area contributed by atoms with E-state index in [4.69, 9.17) is 10.7 Å². The lowest BCUT2D eigenvalue weighted by Gasteiger charge is -2.35. The van der Waals surface area contributed by atoms with E-state index in [0.717, 1.165) is 44.6 Å². The standard InChI is InChI=1S/C14H26N4/c1-4-9-18(10-5-2)13-11-7-6-8-12(11)16-14(3,15)17-13/h16H,4-10,15H2,1-3H3. The summed E-state index contributed by atoms with van der Waals surface area (Å²) in [5, 5.41) is 3.37. The van der Waals surface area contributed by atoms with Crippen LogP contribution in [-0.2, 0) is 0 Å². The molecule has 1 aliphatic heterocycles. The Bertz CT molecular complexity index is 362. The first-order chi connectivity index (χ1) is 8.57. The van der Waals surface area contributed by atoms with Crippen LogP contribution in [0.3, 0.4) is 0 Å². The second-order valence-corrected chi connectivity index (χ2v) is 5.51. The minimum absolute atomic E-state index is 0.641. The summed E-state index contributed by atoms with van der Waals surface area (Å²) in [6, 6.07) is 0. The van der Waals surface area contributed by atoms with Crippen molar-refractivity contribution in [2.45, 2.75) is 58.7 Å². The maximum atomic E-state index is 6.19. The van der Waals surface area contributed by atoms with Crippen LogP contribution in [0.1, 0.15) is 52.9 Å². The van der Waals surface area contributed by atoms with Crippen molar-refractivity contribution < 1.29 is 0 Å². The number of rotatable bonds is 4. The van der Waals surface area contributed by atoms with E-state index in [0.29, 0.717) is 0 Å². The zero-order valence-electron chi connectivity index (χ0n) is 11.9. The highest BCUT2D eigenvalue weighted by atomic mass is 15.3. The molecular formula is C14H26N4. The number of hydrogen-bond acceptors (Lipinski definition) is 4. The summed E-state index contributed by atoms with van der Waals surface area (Å²) in [5.41, 5.74) is 8.92. The molecule has 1 aliphatic carbocycles. The smallest absolute Gasteiger partial charge is 0.181 e. The number of allylic oxidation sites excluding steroid dienone is 1. The Morgan fingerprint density at radius 1 is 1.28 bits per heavy atom. The van der Waals surface area contributed by atoms with Crippen molar-refractivity contribution in [1.29, 1.82) is 0 Å². The van der Waals surface area contributed by atoms with Gasteiger partial charge in [-0.05, 0) is 39.0 Å². The van der Waals surface area contributed by atoms with Gasteiger partial charge in [0.1, 0.15) is 5.84 Å². The van der Waals surface area contributed by atoms with Gasteiger partial charge in [0.15, 0.2) is 5.79 Å². The Balaban J connectivity index is 2.28. The van der Waals surface area contributed by atoms with Crippen LogP contribution >= 0.6 is 0 Å². The van der Waals surface area contributed by atoms with E-state index < -0.39 is 5.79 Å². The summed E-state index contributed by atoms with van der Waals surface area (Å²) >= 11 is 0. The molecule has 0 aromatic rings. The van der Waals surface area contributed by atoms with Crippen molar-refractivity contribution in [3.63, 3.8) is 0 Å². The maximum absolute atomic E-state index is 6.19. The van der Waals surface area contributed by atoms with Gasteiger partial charge in [-0.1, -0.05) is 13.8 Å². The summed E-state index contributed by atoms with van der Waals surface area (Å²) in [7, 11) is 0. The highest BCUT2D eigenvalue weighted by molar-refractivity contribution is 6.00. The Hall–Kier alpha value is -1.03. The predicted molar refractivity (Wildman–Crippen MR) is 76.2 cm³/mol. The van der Waals surface area contributed by atoms with Gasteiger partial charge in [-0.3, -0.25) is 5.73 Å². The average molecular weight is 250 g/mol. The molecule has 0 aromatic heterocycles. The van der Waals surface area contributed by atoms with Crippen molar-refractivity contribution in [3.05, 3.63) is 11.3 Å². The molecular weight excluding hydrogens is 224 g/mol. The topological polar surface area (TPSA) is 53.6 Å². The minimum atomic E-state index is -0.641. The normalized spacial score (nSPS) is 26.8. The third kappa shape index (κ3) is 2.69. The van der Waals surface area contributed by atoms with Crippen molar-refractivity contribution in [2.24, 2.45) is 10.7 Å². The van der Waals surface area contributed by atoms with Crippen LogP contribution in [-0.4, -0.2) is 29.6 Å². The van der Waals surface area contributed by atoms with Gasteiger partial charge in [-0.25, -0.2) is 4.99 Å². The molecule has 0 bridgehead atoms. The van der Waals surface area contributed by atoms with E-state index in [1.54, 1.807) is 0 Å². The van der Waals surface area contributed by atoms with Gasteiger partial charge < -0.3 is 10.2 Å². The first-order valence-corrected chi connectivity index (χ1v) is 7.21. The number of nitrogens with one attached hydrogen (secondary N) is 1. The second kappa shape index (κ2) is 5.31. The van der Waals surface area contributed by atoms with Crippen LogP contribution in [0.15, 0.2) is 16.3 Å². The molecule has 4 nitrogen and oxygen atoms in total. The monoisotopic (exact) mass is 250 g/mol. The molecule has 0 fully saturated rings. The van der Waals surface area contributed by atoms with Crippen LogP contribution in [0.5, 0.6) is 0 Å². The van der Waals surface area contributed by atoms with Crippen LogP contribution in [0.25, 0.3) is 0 Å². The van der Waals surface area contributed by atoms with Crippen LogP contribution in [0.2, 0.25) is 0 Å². The zero-order chi connectivity index (χ0) is 13.2. The number of nitrogens with two attached hydrogens (primary N) is 1. The number of aliphatic imine (C=N–C) groups is 1. The van der Waals surface area contributed by atoms with Crippen LogP contribution in [0.4, 0.5) is 0 Å². The van der Waals surface area contributed by atoms with E-state index >= 15 is 0 Å². The molecule has 3 N–H and O–H groups in total. The van der Waals surface area contributed by atoms with Gasteiger partial charge in [0.25, 0.3) is 0 Å². The Morgan fingerprint density at radius 3 is 2.56 bits per heavy atom. The SMILES string of the molecule is CCCN(CCC)C1=NC(C)(N)NC2=C1CCC2. The summed E-state index contributed by atoms with van der Waals surface area (Å²) in [5.74, 6) is 0.507. The van der Waals surface area contributed by atoms with Gasteiger partial charge in [0, 0.05) is 24.4 Å². The van der Waals surface area contributed by atoms with Crippen molar-refractivity contribution in [3.8, 4) is 0 Å². The molecule has 102 valence electrons. The third-order valence-electron chi connectivity index (χ3n) is 3.52. The van der Waals surface area contributed by atoms with Crippen molar-refractivity contribution >= 4 is 5.84 Å². The molecule has 1 atom stereocenters. The van der Waals surface area contributed by atoms with Gasteiger partial charge in [0.2, 0.25) is 0 Å². The largest absolute Gasteiger partial charge is 0.357 e. The minimum Gasteiger partial charge on any atom is -0.357 e. The highest BCUT2D eigenvalue weighted by Crippen LogP contribution is 2.31. The lowest BCUT2D eigenvalue weighted by atomic mass is 10.1. The molecule has 2 aliphatic rings. The third-order valence-corrected chi connectivity index (χ3v) is 3.52. The van der Waals surface area contributed by atoms with E-state index in [-0.39, 0.29) is 0 Å². The fraction of sp³-hybridized carbons (Fsp3) is 0.786. The lowest BCUT2D eigenvalue weighted by molar-refractivity contribution is 0.372. The molecule has 2 rings (SSSR count). The summed E-state index contributed by atoms with van der Waals surface area (Å²) in [6.07, 6.45) is 5.78. The average Bonchev–Trinajstić information content (AvgIpc) is 2.74.